The lowest BCUT2D eigenvalue weighted by atomic mass is 10.2. The van der Waals surface area contributed by atoms with Gasteiger partial charge in [-0.3, -0.25) is 10.1 Å². The number of hydrogen-bond acceptors (Lipinski definition) is 6. The molecule has 2 rings (SSSR count). The first-order chi connectivity index (χ1) is 10.7. The summed E-state index contributed by atoms with van der Waals surface area (Å²) in [4.78, 5) is 13.3. The first-order valence-electron chi connectivity index (χ1n) is 6.46. The van der Waals surface area contributed by atoms with E-state index in [0.717, 1.165) is 20.7 Å². The monoisotopic (exact) mass is 349 g/mol. The summed E-state index contributed by atoms with van der Waals surface area (Å²) in [5.74, 6) is 1.35. The molecular weight excluding hydrogens is 334 g/mol. The maximum absolute atomic E-state index is 12.4. The summed E-state index contributed by atoms with van der Waals surface area (Å²) in [5, 5.41) is 11.3. The van der Waals surface area contributed by atoms with E-state index >= 15 is 0 Å². The first-order valence-corrected chi connectivity index (χ1v) is 9.24. The molecule has 4 nitrogen and oxygen atoms in total. The molecule has 0 saturated carbocycles. The smallest absolute Gasteiger partial charge is 0.258 e. The van der Waals surface area contributed by atoms with Crippen LogP contribution < -0.4 is 5.32 Å². The molecule has 0 aliphatic rings. The van der Waals surface area contributed by atoms with Crippen LogP contribution >= 0.6 is 34.9 Å². The molecule has 0 fully saturated rings. The van der Waals surface area contributed by atoms with Gasteiger partial charge in [-0.2, -0.15) is 0 Å². The summed E-state index contributed by atoms with van der Waals surface area (Å²) >= 11 is 4.47. The topological polar surface area (TPSA) is 54.9 Å². The zero-order valence-corrected chi connectivity index (χ0v) is 14.3. The van der Waals surface area contributed by atoms with Crippen molar-refractivity contribution in [1.29, 1.82) is 0 Å². The van der Waals surface area contributed by atoms with Crippen LogP contribution in [0, 0.1) is 0 Å². The van der Waals surface area contributed by atoms with Gasteiger partial charge in [0.15, 0.2) is 4.34 Å². The van der Waals surface area contributed by atoms with Crippen LogP contribution in [0.4, 0.5) is 5.13 Å². The van der Waals surface area contributed by atoms with E-state index in [1.807, 2.05) is 24.3 Å². The second kappa shape index (κ2) is 8.77. The van der Waals surface area contributed by atoms with Crippen molar-refractivity contribution in [3.05, 3.63) is 55.1 Å². The fourth-order valence-electron chi connectivity index (χ4n) is 1.54. The summed E-state index contributed by atoms with van der Waals surface area (Å²) in [6.07, 6.45) is 3.62. The Bertz CT molecular complexity index is 670. The van der Waals surface area contributed by atoms with Gasteiger partial charge in [0, 0.05) is 16.4 Å². The molecule has 22 heavy (non-hydrogen) atoms. The number of benzene rings is 1. The van der Waals surface area contributed by atoms with Crippen LogP contribution in [0.2, 0.25) is 0 Å². The normalized spacial score (nSPS) is 10.2. The van der Waals surface area contributed by atoms with Crippen molar-refractivity contribution in [2.24, 2.45) is 0 Å². The molecule has 0 atom stereocenters. The fraction of sp³-hybridized carbons (Fsp3) is 0.133. The summed E-state index contributed by atoms with van der Waals surface area (Å²) in [7, 11) is 0. The van der Waals surface area contributed by atoms with Gasteiger partial charge in [-0.1, -0.05) is 47.4 Å². The van der Waals surface area contributed by atoms with Crippen LogP contribution in [0.25, 0.3) is 0 Å². The van der Waals surface area contributed by atoms with Gasteiger partial charge < -0.3 is 0 Å². The van der Waals surface area contributed by atoms with Crippen molar-refractivity contribution in [3.63, 3.8) is 0 Å². The zero-order chi connectivity index (χ0) is 15.8. The molecule has 1 N–H and O–H groups in total. The van der Waals surface area contributed by atoms with Crippen molar-refractivity contribution < 1.29 is 4.79 Å². The molecule has 1 amide bonds. The van der Waals surface area contributed by atoms with Gasteiger partial charge in [0.05, 0.1) is 5.56 Å². The average Bonchev–Trinajstić information content (AvgIpc) is 2.98. The number of aromatic nitrogens is 2. The Morgan fingerprint density at radius 2 is 1.91 bits per heavy atom. The standard InChI is InChI=1S/C15H15N3OS3/c1-3-9-20-12-8-6-5-7-11(12)13(19)16-14-17-18-15(22-14)21-10-4-2/h3-8H,1-2,9-10H2,(H,16,17,19). The SMILES string of the molecule is C=CCSc1nnc(NC(=O)c2ccccc2SCC=C)s1. The molecule has 0 saturated heterocycles. The van der Waals surface area contributed by atoms with Crippen LogP contribution in [-0.4, -0.2) is 27.6 Å². The molecule has 0 spiro atoms. The number of rotatable bonds is 8. The van der Waals surface area contributed by atoms with E-state index in [1.54, 1.807) is 23.9 Å². The summed E-state index contributed by atoms with van der Waals surface area (Å²) in [6.45, 7) is 7.36. The van der Waals surface area contributed by atoms with E-state index in [-0.39, 0.29) is 5.91 Å². The lowest BCUT2D eigenvalue weighted by Crippen LogP contribution is -2.12. The highest BCUT2D eigenvalue weighted by atomic mass is 32.2. The highest BCUT2D eigenvalue weighted by molar-refractivity contribution is 8.01. The van der Waals surface area contributed by atoms with Crippen LogP contribution in [0.5, 0.6) is 0 Å². The fourth-order valence-corrected chi connectivity index (χ4v) is 3.84. The summed E-state index contributed by atoms with van der Waals surface area (Å²) < 4.78 is 0.810. The van der Waals surface area contributed by atoms with Gasteiger partial charge in [-0.15, -0.1) is 35.1 Å². The lowest BCUT2D eigenvalue weighted by Gasteiger charge is -2.07. The van der Waals surface area contributed by atoms with Crippen LogP contribution in [0.1, 0.15) is 10.4 Å². The highest BCUT2D eigenvalue weighted by Crippen LogP contribution is 2.27. The minimum Gasteiger partial charge on any atom is -0.296 e. The van der Waals surface area contributed by atoms with E-state index in [1.165, 1.54) is 23.1 Å². The number of nitrogens with zero attached hydrogens (tertiary/aromatic N) is 2. The summed E-state index contributed by atoms with van der Waals surface area (Å²) in [5.41, 5.74) is 0.629. The van der Waals surface area contributed by atoms with Gasteiger partial charge >= 0.3 is 0 Å². The first kappa shape index (κ1) is 16.8. The lowest BCUT2D eigenvalue weighted by molar-refractivity contribution is 0.102. The third kappa shape index (κ3) is 4.72. The third-order valence-corrected chi connectivity index (χ3v) is 5.48. The van der Waals surface area contributed by atoms with Gasteiger partial charge in [0.2, 0.25) is 5.13 Å². The number of anilines is 1. The average molecular weight is 350 g/mol. The largest absolute Gasteiger partial charge is 0.296 e. The van der Waals surface area contributed by atoms with Crippen molar-refractivity contribution >= 4 is 45.9 Å². The van der Waals surface area contributed by atoms with Crippen molar-refractivity contribution in [2.45, 2.75) is 9.24 Å². The van der Waals surface area contributed by atoms with E-state index in [4.69, 9.17) is 0 Å². The van der Waals surface area contributed by atoms with E-state index in [0.29, 0.717) is 10.7 Å². The molecule has 0 bridgehead atoms. The zero-order valence-electron chi connectivity index (χ0n) is 11.8. The van der Waals surface area contributed by atoms with E-state index < -0.39 is 0 Å². The third-order valence-electron chi connectivity index (χ3n) is 2.44. The molecule has 0 unspecified atom stereocenters. The highest BCUT2D eigenvalue weighted by Gasteiger charge is 2.13. The van der Waals surface area contributed by atoms with Crippen LogP contribution in [0.3, 0.4) is 0 Å². The van der Waals surface area contributed by atoms with Gasteiger partial charge in [0.1, 0.15) is 0 Å². The molecule has 1 aromatic carbocycles. The maximum atomic E-state index is 12.4. The maximum Gasteiger partial charge on any atom is 0.258 e. The Labute approximate surface area is 142 Å². The Morgan fingerprint density at radius 1 is 1.18 bits per heavy atom. The van der Waals surface area contributed by atoms with Crippen molar-refractivity contribution in [2.75, 3.05) is 16.8 Å². The van der Waals surface area contributed by atoms with E-state index in [9.17, 15) is 4.79 Å². The molecule has 0 radical (unpaired) electrons. The molecule has 7 heteroatoms. The molecule has 1 aromatic heterocycles. The number of carbonyl (C=O) groups excluding carboxylic acids is 1. The predicted molar refractivity (Wildman–Crippen MR) is 96.1 cm³/mol. The molecular formula is C15H15N3OS3. The minimum atomic E-state index is -0.177. The van der Waals surface area contributed by atoms with E-state index in [2.05, 4.69) is 28.7 Å². The van der Waals surface area contributed by atoms with Crippen LogP contribution in [0.15, 0.2) is 58.8 Å². The Kier molecular flexibility index (Phi) is 6.70. The summed E-state index contributed by atoms with van der Waals surface area (Å²) in [6, 6.07) is 7.49. The van der Waals surface area contributed by atoms with Crippen molar-refractivity contribution in [1.82, 2.24) is 10.2 Å². The predicted octanol–water partition coefficient (Wildman–Crippen LogP) is 4.35. The van der Waals surface area contributed by atoms with Crippen molar-refractivity contribution in [3.8, 4) is 0 Å². The van der Waals surface area contributed by atoms with Crippen LogP contribution in [-0.2, 0) is 0 Å². The molecule has 1 heterocycles. The second-order valence-corrected chi connectivity index (χ2v) is 7.33. The number of hydrogen-bond donors (Lipinski definition) is 1. The van der Waals surface area contributed by atoms with Gasteiger partial charge in [-0.25, -0.2) is 0 Å². The quantitative estimate of drug-likeness (QED) is 0.436. The Hall–Kier alpha value is -1.57. The Morgan fingerprint density at radius 3 is 2.68 bits per heavy atom. The number of thioether (sulfide) groups is 2. The number of nitrogens with one attached hydrogen (secondary N) is 1. The molecule has 114 valence electrons. The van der Waals surface area contributed by atoms with Gasteiger partial charge in [0.25, 0.3) is 5.91 Å². The Balaban J connectivity index is 2.07. The number of carbonyl (C=O) groups is 1. The molecule has 0 aliphatic heterocycles. The van der Waals surface area contributed by atoms with Gasteiger partial charge in [-0.05, 0) is 12.1 Å². The second-order valence-electron chi connectivity index (χ2n) is 4.02. The minimum absolute atomic E-state index is 0.177. The molecule has 0 aliphatic carbocycles. The number of amides is 1. The molecule has 2 aromatic rings.